The molecule has 0 unspecified atom stereocenters. The Labute approximate surface area is 288 Å². The van der Waals surface area contributed by atoms with E-state index < -0.39 is 0 Å². The Morgan fingerprint density at radius 3 is 1.96 bits per heavy atom. The Morgan fingerprint density at radius 2 is 1.20 bits per heavy atom. The van der Waals surface area contributed by atoms with Gasteiger partial charge in [-0.3, -0.25) is 0 Å². The highest BCUT2D eigenvalue weighted by molar-refractivity contribution is 6.12. The molecule has 0 saturated carbocycles. The van der Waals surface area contributed by atoms with Crippen LogP contribution in [-0.2, 0) is 0 Å². The van der Waals surface area contributed by atoms with E-state index in [0.717, 1.165) is 66.5 Å². The minimum atomic E-state index is 0.546. The Hall–Kier alpha value is -7.39. The number of nitriles is 2. The molecule has 50 heavy (non-hydrogen) atoms. The van der Waals surface area contributed by atoms with Crippen LogP contribution in [0.15, 0.2) is 152 Å². The number of hydrogen-bond acceptors (Lipinski definition) is 2. The minimum absolute atomic E-state index is 0.546. The zero-order valence-corrected chi connectivity index (χ0v) is 26.7. The second kappa shape index (κ2) is 11.4. The first-order valence-corrected chi connectivity index (χ1v) is 16.3. The lowest BCUT2D eigenvalue weighted by Gasteiger charge is -2.18. The average molecular weight is 636 g/mol. The smallest absolute Gasteiger partial charge is 0.187 e. The van der Waals surface area contributed by atoms with Gasteiger partial charge < -0.3 is 9.13 Å². The number of rotatable bonds is 4. The van der Waals surface area contributed by atoms with Crippen molar-refractivity contribution in [1.29, 1.82) is 10.5 Å². The topological polar surface area (TPSA) is 61.8 Å². The van der Waals surface area contributed by atoms with Gasteiger partial charge in [0.05, 0.1) is 57.6 Å². The van der Waals surface area contributed by atoms with Crippen LogP contribution in [0.5, 0.6) is 0 Å². The van der Waals surface area contributed by atoms with Crippen molar-refractivity contribution in [3.05, 3.63) is 174 Å². The van der Waals surface area contributed by atoms with Gasteiger partial charge in [0.2, 0.25) is 0 Å². The summed E-state index contributed by atoms with van der Waals surface area (Å²) in [6, 6.07) is 55.7. The molecular formula is C45H25N5. The van der Waals surface area contributed by atoms with E-state index in [1.807, 2.05) is 60.7 Å². The second-order valence-electron chi connectivity index (χ2n) is 12.3. The van der Waals surface area contributed by atoms with Crippen LogP contribution in [0.25, 0.3) is 82.1 Å². The van der Waals surface area contributed by atoms with E-state index in [9.17, 15) is 10.5 Å². The monoisotopic (exact) mass is 635 g/mol. The molecule has 0 N–H and O–H groups in total. The first kappa shape index (κ1) is 28.8. The summed E-state index contributed by atoms with van der Waals surface area (Å²) in [6.07, 6.45) is 0. The van der Waals surface area contributed by atoms with E-state index in [0.29, 0.717) is 16.8 Å². The Morgan fingerprint density at radius 1 is 0.500 bits per heavy atom. The lowest BCUT2D eigenvalue weighted by atomic mass is 9.92. The molecule has 0 spiro atoms. The van der Waals surface area contributed by atoms with E-state index in [4.69, 9.17) is 6.57 Å². The molecule has 0 aliphatic rings. The van der Waals surface area contributed by atoms with Gasteiger partial charge in [-0.1, -0.05) is 84.9 Å². The van der Waals surface area contributed by atoms with Gasteiger partial charge in [-0.2, -0.15) is 10.5 Å². The molecule has 5 nitrogen and oxygen atoms in total. The van der Waals surface area contributed by atoms with Crippen molar-refractivity contribution in [3.63, 3.8) is 0 Å². The third kappa shape index (κ3) is 4.31. The average Bonchev–Trinajstić information content (AvgIpc) is 3.70. The Balaban J connectivity index is 1.29. The molecule has 0 amide bonds. The SMILES string of the molecule is [C-]#[N+]c1ccc(-c2cccc(-n3c4ccc(C#N)cc4c4c(C#N)cccc43)c2)c(-c2ccccc2-n2c3ccccc3c3ccccc32)c1. The van der Waals surface area contributed by atoms with E-state index in [-0.39, 0.29) is 0 Å². The lowest BCUT2D eigenvalue weighted by Crippen LogP contribution is -1.98. The van der Waals surface area contributed by atoms with Gasteiger partial charge in [-0.15, -0.1) is 0 Å². The Bertz CT molecular complexity index is 2920. The molecule has 0 radical (unpaired) electrons. The molecule has 2 heterocycles. The Kier molecular flexibility index (Phi) is 6.56. The highest BCUT2D eigenvalue weighted by Gasteiger charge is 2.20. The maximum atomic E-state index is 10.0. The number of fused-ring (bicyclic) bond motifs is 6. The van der Waals surface area contributed by atoms with Crippen LogP contribution >= 0.6 is 0 Å². The second-order valence-corrected chi connectivity index (χ2v) is 12.3. The van der Waals surface area contributed by atoms with Crippen LogP contribution in [-0.4, -0.2) is 9.13 Å². The predicted octanol–water partition coefficient (Wildman–Crippen LogP) is 11.5. The van der Waals surface area contributed by atoms with Gasteiger partial charge in [0.15, 0.2) is 5.69 Å². The van der Waals surface area contributed by atoms with Gasteiger partial charge in [0, 0.05) is 32.8 Å². The first-order chi connectivity index (χ1) is 24.7. The number of benzene rings is 7. The van der Waals surface area contributed by atoms with E-state index in [2.05, 4.69) is 117 Å². The van der Waals surface area contributed by atoms with E-state index in [1.54, 1.807) is 0 Å². The maximum absolute atomic E-state index is 10.0. The molecule has 0 aliphatic carbocycles. The molecule has 0 aliphatic heterocycles. The fourth-order valence-corrected chi connectivity index (χ4v) is 7.48. The number of para-hydroxylation sites is 3. The summed E-state index contributed by atoms with van der Waals surface area (Å²) in [7, 11) is 0. The zero-order chi connectivity index (χ0) is 33.8. The van der Waals surface area contributed by atoms with Gasteiger partial charge in [-0.25, -0.2) is 4.85 Å². The first-order valence-electron chi connectivity index (χ1n) is 16.3. The largest absolute Gasteiger partial charge is 0.309 e. The minimum Gasteiger partial charge on any atom is -0.309 e. The van der Waals surface area contributed by atoms with Crippen molar-refractivity contribution in [3.8, 4) is 45.8 Å². The summed E-state index contributed by atoms with van der Waals surface area (Å²) in [6.45, 7) is 7.90. The fraction of sp³-hybridized carbons (Fsp3) is 0. The van der Waals surface area contributed by atoms with Crippen LogP contribution in [0.2, 0.25) is 0 Å². The highest BCUT2D eigenvalue weighted by atomic mass is 15.0. The van der Waals surface area contributed by atoms with Crippen LogP contribution in [0.4, 0.5) is 5.69 Å². The van der Waals surface area contributed by atoms with E-state index in [1.165, 1.54) is 10.8 Å². The third-order valence-corrected chi connectivity index (χ3v) is 9.60. The zero-order valence-electron chi connectivity index (χ0n) is 26.7. The molecule has 0 bridgehead atoms. The quantitative estimate of drug-likeness (QED) is 0.181. The number of hydrogen-bond donors (Lipinski definition) is 0. The summed E-state index contributed by atoms with van der Waals surface area (Å²) in [5.74, 6) is 0. The molecule has 9 rings (SSSR count). The van der Waals surface area contributed by atoms with Crippen LogP contribution in [0.1, 0.15) is 11.1 Å². The molecule has 230 valence electrons. The van der Waals surface area contributed by atoms with Gasteiger partial charge in [0.1, 0.15) is 0 Å². The third-order valence-electron chi connectivity index (χ3n) is 9.60. The summed E-state index contributed by atoms with van der Waals surface area (Å²) < 4.78 is 4.49. The van der Waals surface area contributed by atoms with Gasteiger partial charge in [-0.05, 0) is 83.4 Å². The van der Waals surface area contributed by atoms with Gasteiger partial charge in [0.25, 0.3) is 0 Å². The van der Waals surface area contributed by atoms with Crippen molar-refractivity contribution < 1.29 is 0 Å². The van der Waals surface area contributed by atoms with Crippen LogP contribution in [0, 0.1) is 29.2 Å². The molecular weight excluding hydrogens is 611 g/mol. The van der Waals surface area contributed by atoms with Crippen molar-refractivity contribution in [2.24, 2.45) is 0 Å². The molecule has 0 fully saturated rings. The maximum Gasteiger partial charge on any atom is 0.187 e. The van der Waals surface area contributed by atoms with Crippen molar-refractivity contribution in [1.82, 2.24) is 9.13 Å². The summed E-state index contributed by atoms with van der Waals surface area (Å²) >= 11 is 0. The van der Waals surface area contributed by atoms with Gasteiger partial charge >= 0.3 is 0 Å². The number of aromatic nitrogens is 2. The molecule has 7 aromatic carbocycles. The summed E-state index contributed by atoms with van der Waals surface area (Å²) in [5.41, 5.74) is 11.7. The van der Waals surface area contributed by atoms with Crippen molar-refractivity contribution in [2.75, 3.05) is 0 Å². The fourth-order valence-electron chi connectivity index (χ4n) is 7.48. The van der Waals surface area contributed by atoms with Crippen molar-refractivity contribution >= 4 is 49.3 Å². The highest BCUT2D eigenvalue weighted by Crippen LogP contribution is 2.42. The van der Waals surface area contributed by atoms with Crippen LogP contribution in [0.3, 0.4) is 0 Å². The van der Waals surface area contributed by atoms with Crippen molar-refractivity contribution in [2.45, 2.75) is 0 Å². The number of nitrogens with zero attached hydrogens (tertiary/aromatic N) is 5. The molecule has 5 heteroatoms. The normalized spacial score (nSPS) is 11.1. The summed E-state index contributed by atoms with van der Waals surface area (Å²) in [4.78, 5) is 3.83. The summed E-state index contributed by atoms with van der Waals surface area (Å²) in [5, 5.41) is 23.8. The van der Waals surface area contributed by atoms with Crippen LogP contribution < -0.4 is 0 Å². The molecule has 0 saturated heterocycles. The molecule has 9 aromatic rings. The lowest BCUT2D eigenvalue weighted by molar-refractivity contribution is 1.18. The molecule has 2 aromatic heterocycles. The molecule has 0 atom stereocenters. The predicted molar refractivity (Wildman–Crippen MR) is 202 cm³/mol. The van der Waals surface area contributed by atoms with E-state index >= 15 is 0 Å². The standard InChI is InChI=1S/C45H25N5/c1-48-32-21-22-34(38(26-32)37-15-4-7-18-42(37)50-40-16-5-2-13-35(40)36-14-3-6-17-41(36)50)30-10-8-12-33(25-30)49-43-23-20-29(27-46)24-39(43)45-31(28-47)11-9-19-44(45)49/h2-26H.